The van der Waals surface area contributed by atoms with Crippen LogP contribution < -0.4 is 14.8 Å². The van der Waals surface area contributed by atoms with Gasteiger partial charge >= 0.3 is 0 Å². The molecular formula is C23H31Cl2NO2. The van der Waals surface area contributed by atoms with Crippen LogP contribution in [0.1, 0.15) is 52.2 Å². The average molecular weight is 424 g/mol. The highest BCUT2D eigenvalue weighted by Gasteiger charge is 2.24. The first-order valence-corrected chi connectivity index (χ1v) is 10.2. The third-order valence-corrected chi connectivity index (χ3v) is 5.09. The van der Waals surface area contributed by atoms with E-state index in [0.29, 0.717) is 28.2 Å². The van der Waals surface area contributed by atoms with E-state index in [2.05, 4.69) is 46.0 Å². The molecule has 0 unspecified atom stereocenters. The molecule has 0 amide bonds. The summed E-state index contributed by atoms with van der Waals surface area (Å²) in [6.07, 6.45) is 1.09. The molecule has 0 saturated carbocycles. The van der Waals surface area contributed by atoms with Crippen molar-refractivity contribution in [3.63, 3.8) is 0 Å². The van der Waals surface area contributed by atoms with Crippen molar-refractivity contribution in [3.8, 4) is 11.5 Å². The van der Waals surface area contributed by atoms with E-state index in [4.69, 9.17) is 32.7 Å². The zero-order valence-corrected chi connectivity index (χ0v) is 19.2. The predicted octanol–water partition coefficient (Wildman–Crippen LogP) is 6.89. The van der Waals surface area contributed by atoms with E-state index < -0.39 is 0 Å². The summed E-state index contributed by atoms with van der Waals surface area (Å²) in [6, 6.07) is 11.5. The minimum Gasteiger partial charge on any atom is -0.493 e. The number of hydrogen-bond acceptors (Lipinski definition) is 3. The Hall–Kier alpha value is -1.42. The van der Waals surface area contributed by atoms with Crippen molar-refractivity contribution in [1.29, 1.82) is 0 Å². The molecular weight excluding hydrogens is 393 g/mol. The Morgan fingerprint density at radius 2 is 1.54 bits per heavy atom. The van der Waals surface area contributed by atoms with Crippen molar-refractivity contribution >= 4 is 23.2 Å². The lowest BCUT2D eigenvalue weighted by atomic mass is 9.82. The van der Waals surface area contributed by atoms with Crippen LogP contribution in [-0.2, 0) is 13.2 Å². The van der Waals surface area contributed by atoms with Gasteiger partial charge in [-0.2, -0.15) is 0 Å². The van der Waals surface area contributed by atoms with Crippen molar-refractivity contribution in [1.82, 2.24) is 5.32 Å². The summed E-state index contributed by atoms with van der Waals surface area (Å²) in [7, 11) is 1.65. The van der Waals surface area contributed by atoms with Gasteiger partial charge in [0.05, 0.1) is 17.2 Å². The van der Waals surface area contributed by atoms with E-state index in [1.807, 2.05) is 24.3 Å². The summed E-state index contributed by atoms with van der Waals surface area (Å²) >= 11 is 12.0. The van der Waals surface area contributed by atoms with Crippen molar-refractivity contribution < 1.29 is 9.47 Å². The summed E-state index contributed by atoms with van der Waals surface area (Å²) in [4.78, 5) is 0. The molecule has 0 fully saturated rings. The molecule has 2 aromatic carbocycles. The highest BCUT2D eigenvalue weighted by molar-refractivity contribution is 6.42. The second-order valence-electron chi connectivity index (χ2n) is 9.00. The summed E-state index contributed by atoms with van der Waals surface area (Å²) in [6.45, 7) is 12.4. The second kappa shape index (κ2) is 9.39. The van der Waals surface area contributed by atoms with Crippen LogP contribution in [0.4, 0.5) is 0 Å². The minimum absolute atomic E-state index is 0.0501. The van der Waals surface area contributed by atoms with Crippen molar-refractivity contribution in [2.75, 3.05) is 7.11 Å². The van der Waals surface area contributed by atoms with Crippen LogP contribution in [0.5, 0.6) is 11.5 Å². The highest BCUT2D eigenvalue weighted by atomic mass is 35.5. The first-order chi connectivity index (χ1) is 13.0. The number of rotatable bonds is 8. The van der Waals surface area contributed by atoms with Crippen molar-refractivity contribution in [2.24, 2.45) is 5.41 Å². The summed E-state index contributed by atoms with van der Waals surface area (Å²) < 4.78 is 11.5. The fraction of sp³-hybridized carbons (Fsp3) is 0.478. The number of methoxy groups -OCH3 is 1. The Labute approximate surface area is 179 Å². The Bertz CT molecular complexity index is 798. The summed E-state index contributed by atoms with van der Waals surface area (Å²) in [5.74, 6) is 1.42. The molecule has 0 spiro atoms. The lowest BCUT2D eigenvalue weighted by Gasteiger charge is -2.33. The molecule has 0 heterocycles. The molecule has 3 nitrogen and oxygen atoms in total. The van der Waals surface area contributed by atoms with Crippen LogP contribution in [0.15, 0.2) is 36.4 Å². The van der Waals surface area contributed by atoms with Gasteiger partial charge < -0.3 is 14.8 Å². The van der Waals surface area contributed by atoms with Crippen molar-refractivity contribution in [2.45, 2.75) is 59.7 Å². The first kappa shape index (κ1) is 22.9. The van der Waals surface area contributed by atoms with Gasteiger partial charge in [-0.15, -0.1) is 0 Å². The molecule has 0 saturated heterocycles. The maximum atomic E-state index is 6.07. The molecule has 0 atom stereocenters. The molecule has 2 aromatic rings. The Kier molecular flexibility index (Phi) is 7.66. The minimum atomic E-state index is 0.0501. The Morgan fingerprint density at radius 3 is 2.14 bits per heavy atom. The molecule has 0 aliphatic heterocycles. The maximum Gasteiger partial charge on any atom is 0.161 e. The van der Waals surface area contributed by atoms with E-state index in [-0.39, 0.29) is 11.0 Å². The molecule has 0 aliphatic carbocycles. The van der Waals surface area contributed by atoms with Gasteiger partial charge in [-0.3, -0.25) is 0 Å². The Morgan fingerprint density at radius 1 is 0.857 bits per heavy atom. The van der Waals surface area contributed by atoms with Crippen LogP contribution >= 0.6 is 23.2 Å². The zero-order valence-electron chi connectivity index (χ0n) is 17.7. The van der Waals surface area contributed by atoms with E-state index in [0.717, 1.165) is 24.1 Å². The molecule has 0 aliphatic rings. The number of nitrogens with one attached hydrogen (secondary N) is 1. The predicted molar refractivity (Wildman–Crippen MR) is 119 cm³/mol. The maximum absolute atomic E-state index is 6.07. The highest BCUT2D eigenvalue weighted by Crippen LogP contribution is 2.31. The molecule has 28 heavy (non-hydrogen) atoms. The van der Waals surface area contributed by atoms with Gasteiger partial charge in [0.1, 0.15) is 6.61 Å². The van der Waals surface area contributed by atoms with E-state index in [1.54, 1.807) is 13.2 Å². The monoisotopic (exact) mass is 423 g/mol. The molecule has 2 rings (SSSR count). The SMILES string of the molecule is COc1cc(CNC(C)(C)CC(C)(C)C)ccc1OCc1ccc(Cl)c(Cl)c1. The van der Waals surface area contributed by atoms with Crippen LogP contribution in [0.25, 0.3) is 0 Å². The second-order valence-corrected chi connectivity index (χ2v) is 9.81. The third kappa shape index (κ3) is 7.20. The summed E-state index contributed by atoms with van der Waals surface area (Å²) in [5.41, 5.74) is 2.43. The zero-order chi connectivity index (χ0) is 20.9. The molecule has 0 aromatic heterocycles. The molecule has 1 N–H and O–H groups in total. The van der Waals surface area contributed by atoms with Gasteiger partial charge in [0.2, 0.25) is 0 Å². The molecule has 5 heteroatoms. The number of benzene rings is 2. The summed E-state index contributed by atoms with van der Waals surface area (Å²) in [5, 5.41) is 4.71. The average Bonchev–Trinajstić information content (AvgIpc) is 2.59. The van der Waals surface area contributed by atoms with Crippen LogP contribution in [0, 0.1) is 5.41 Å². The fourth-order valence-electron chi connectivity index (χ4n) is 3.46. The largest absolute Gasteiger partial charge is 0.493 e. The molecule has 154 valence electrons. The van der Waals surface area contributed by atoms with Crippen LogP contribution in [0.2, 0.25) is 10.0 Å². The Balaban J connectivity index is 2.02. The number of halogens is 2. The molecule has 0 radical (unpaired) electrons. The van der Waals surface area contributed by atoms with Gasteiger partial charge in [0.15, 0.2) is 11.5 Å². The van der Waals surface area contributed by atoms with E-state index in [9.17, 15) is 0 Å². The van der Waals surface area contributed by atoms with Gasteiger partial charge in [-0.05, 0) is 61.1 Å². The van der Waals surface area contributed by atoms with Gasteiger partial charge in [0.25, 0.3) is 0 Å². The molecule has 0 bridgehead atoms. The first-order valence-electron chi connectivity index (χ1n) is 9.48. The van der Waals surface area contributed by atoms with Gasteiger partial charge in [-0.25, -0.2) is 0 Å². The van der Waals surface area contributed by atoms with Gasteiger partial charge in [-0.1, -0.05) is 56.1 Å². The topological polar surface area (TPSA) is 30.5 Å². The fourth-order valence-corrected chi connectivity index (χ4v) is 3.78. The quantitative estimate of drug-likeness (QED) is 0.501. The van der Waals surface area contributed by atoms with E-state index in [1.165, 1.54) is 0 Å². The lowest BCUT2D eigenvalue weighted by Crippen LogP contribution is -2.41. The number of hydrogen-bond donors (Lipinski definition) is 1. The normalized spacial score (nSPS) is 12.1. The van der Waals surface area contributed by atoms with Crippen molar-refractivity contribution in [3.05, 3.63) is 57.6 Å². The van der Waals surface area contributed by atoms with E-state index >= 15 is 0 Å². The van der Waals surface area contributed by atoms with Gasteiger partial charge in [0, 0.05) is 12.1 Å². The standard InChI is InChI=1S/C23H31Cl2NO2/c1-22(2,3)15-23(4,5)26-13-16-8-10-20(21(12-16)27-6)28-14-17-7-9-18(24)19(25)11-17/h7-12,26H,13-15H2,1-6H3. The lowest BCUT2D eigenvalue weighted by molar-refractivity contribution is 0.240. The van der Waals surface area contributed by atoms with Crippen LogP contribution in [-0.4, -0.2) is 12.6 Å². The third-order valence-electron chi connectivity index (χ3n) is 4.35. The smallest absolute Gasteiger partial charge is 0.161 e. The van der Waals surface area contributed by atoms with Crippen LogP contribution in [0.3, 0.4) is 0 Å². The number of ether oxygens (including phenoxy) is 2.